The van der Waals surface area contributed by atoms with Gasteiger partial charge in [-0.25, -0.2) is 13.2 Å². The summed E-state index contributed by atoms with van der Waals surface area (Å²) in [6.07, 6.45) is 0.109. The molecule has 1 aromatic carbocycles. The molecule has 1 aromatic rings. The highest BCUT2D eigenvalue weighted by Crippen LogP contribution is 2.14. The molecular formula is C11H9F3N2O2. The molecule has 1 heterocycles. The van der Waals surface area contributed by atoms with E-state index in [0.29, 0.717) is 12.1 Å². The topological polar surface area (TPSA) is 58.2 Å². The summed E-state index contributed by atoms with van der Waals surface area (Å²) in [6, 6.07) is 0.789. The molecule has 2 rings (SSSR count). The quantitative estimate of drug-likeness (QED) is 0.768. The van der Waals surface area contributed by atoms with Gasteiger partial charge in [0.15, 0.2) is 17.5 Å². The zero-order valence-electron chi connectivity index (χ0n) is 9.10. The highest BCUT2D eigenvalue weighted by Gasteiger charge is 2.24. The lowest BCUT2D eigenvalue weighted by Gasteiger charge is -2.10. The Morgan fingerprint density at radius 3 is 2.39 bits per heavy atom. The number of rotatable bonds is 2. The lowest BCUT2D eigenvalue weighted by molar-refractivity contribution is -0.119. The van der Waals surface area contributed by atoms with Crippen molar-refractivity contribution in [3.05, 3.63) is 35.1 Å². The lowest BCUT2D eigenvalue weighted by atomic mass is 10.1. The van der Waals surface area contributed by atoms with E-state index in [-0.39, 0.29) is 24.4 Å². The molecule has 0 spiro atoms. The molecule has 1 aliphatic heterocycles. The number of benzene rings is 1. The molecule has 0 aliphatic carbocycles. The SMILES string of the molecule is O=C1CC(NC(=O)c2cc(F)c(F)c(F)c2)CN1. The number of carbonyl (C=O) groups excluding carboxylic acids is 2. The highest BCUT2D eigenvalue weighted by molar-refractivity contribution is 5.95. The van der Waals surface area contributed by atoms with E-state index < -0.39 is 29.4 Å². The van der Waals surface area contributed by atoms with E-state index in [1.807, 2.05) is 0 Å². The minimum Gasteiger partial charge on any atom is -0.354 e. The van der Waals surface area contributed by atoms with Crippen LogP contribution in [-0.2, 0) is 4.79 Å². The molecule has 0 aromatic heterocycles. The first-order valence-corrected chi connectivity index (χ1v) is 5.19. The van der Waals surface area contributed by atoms with Gasteiger partial charge in [0.1, 0.15) is 0 Å². The standard InChI is InChI=1S/C11H9F3N2O2/c12-7-1-5(2-8(13)10(7)14)11(18)16-6-3-9(17)15-4-6/h1-2,6H,3-4H2,(H,15,17)(H,16,18). The summed E-state index contributed by atoms with van der Waals surface area (Å²) in [5.41, 5.74) is -0.328. The second-order valence-electron chi connectivity index (χ2n) is 3.93. The molecule has 1 atom stereocenters. The van der Waals surface area contributed by atoms with E-state index in [4.69, 9.17) is 0 Å². The Kier molecular flexibility index (Phi) is 3.22. The van der Waals surface area contributed by atoms with E-state index >= 15 is 0 Å². The summed E-state index contributed by atoms with van der Waals surface area (Å²) in [5, 5.41) is 4.92. The van der Waals surface area contributed by atoms with Crippen LogP contribution in [0.5, 0.6) is 0 Å². The molecular weight excluding hydrogens is 249 g/mol. The molecule has 2 N–H and O–H groups in total. The van der Waals surface area contributed by atoms with Crippen molar-refractivity contribution in [2.24, 2.45) is 0 Å². The van der Waals surface area contributed by atoms with Gasteiger partial charge in [-0.15, -0.1) is 0 Å². The molecule has 4 nitrogen and oxygen atoms in total. The number of nitrogens with one attached hydrogen (secondary N) is 2. The van der Waals surface area contributed by atoms with Crippen molar-refractivity contribution in [3.63, 3.8) is 0 Å². The largest absolute Gasteiger partial charge is 0.354 e. The number of hydrogen-bond acceptors (Lipinski definition) is 2. The van der Waals surface area contributed by atoms with Crippen molar-refractivity contribution in [1.82, 2.24) is 10.6 Å². The molecule has 0 bridgehead atoms. The van der Waals surface area contributed by atoms with Gasteiger partial charge in [0.25, 0.3) is 5.91 Å². The molecule has 96 valence electrons. The molecule has 1 fully saturated rings. The normalized spacial score (nSPS) is 18.6. The number of amides is 2. The Balaban J connectivity index is 2.12. The summed E-state index contributed by atoms with van der Waals surface area (Å²) in [5.74, 6) is -5.45. The summed E-state index contributed by atoms with van der Waals surface area (Å²) in [7, 11) is 0. The minimum atomic E-state index is -1.62. The zero-order valence-corrected chi connectivity index (χ0v) is 9.10. The predicted octanol–water partition coefficient (Wildman–Crippen LogP) is 0.722. The smallest absolute Gasteiger partial charge is 0.251 e. The van der Waals surface area contributed by atoms with Crippen molar-refractivity contribution in [2.75, 3.05) is 6.54 Å². The van der Waals surface area contributed by atoms with Gasteiger partial charge in [0.2, 0.25) is 5.91 Å². The van der Waals surface area contributed by atoms with Crippen LogP contribution >= 0.6 is 0 Å². The van der Waals surface area contributed by atoms with Crippen LogP contribution in [0.4, 0.5) is 13.2 Å². The summed E-state index contributed by atoms with van der Waals surface area (Å²) in [6.45, 7) is 0.261. The molecule has 1 saturated heterocycles. The van der Waals surface area contributed by atoms with Gasteiger partial charge in [0, 0.05) is 18.5 Å². The average Bonchev–Trinajstić information content (AvgIpc) is 2.71. The van der Waals surface area contributed by atoms with Gasteiger partial charge >= 0.3 is 0 Å². The molecule has 1 unspecified atom stereocenters. The zero-order chi connectivity index (χ0) is 13.3. The maximum atomic E-state index is 12.9. The van der Waals surface area contributed by atoms with E-state index in [2.05, 4.69) is 10.6 Å². The van der Waals surface area contributed by atoms with Crippen LogP contribution in [0.1, 0.15) is 16.8 Å². The first-order valence-electron chi connectivity index (χ1n) is 5.19. The van der Waals surface area contributed by atoms with Gasteiger partial charge in [-0.3, -0.25) is 9.59 Å². The summed E-state index contributed by atoms with van der Waals surface area (Å²) in [4.78, 5) is 22.5. The van der Waals surface area contributed by atoms with E-state index in [0.717, 1.165) is 0 Å². The maximum absolute atomic E-state index is 12.9. The first kappa shape index (κ1) is 12.4. The fraction of sp³-hybridized carbons (Fsp3) is 0.273. The molecule has 18 heavy (non-hydrogen) atoms. The van der Waals surface area contributed by atoms with Crippen LogP contribution in [0.15, 0.2) is 12.1 Å². The van der Waals surface area contributed by atoms with Crippen molar-refractivity contribution in [2.45, 2.75) is 12.5 Å². The second-order valence-corrected chi connectivity index (χ2v) is 3.93. The van der Waals surface area contributed by atoms with Crippen molar-refractivity contribution in [3.8, 4) is 0 Å². The van der Waals surface area contributed by atoms with Gasteiger partial charge in [-0.1, -0.05) is 0 Å². The van der Waals surface area contributed by atoms with Crippen molar-refractivity contribution < 1.29 is 22.8 Å². The number of hydrogen-bond donors (Lipinski definition) is 2. The van der Waals surface area contributed by atoms with Crippen molar-refractivity contribution >= 4 is 11.8 Å². The fourth-order valence-electron chi connectivity index (χ4n) is 1.66. The Bertz CT molecular complexity index is 496. The number of carbonyl (C=O) groups is 2. The Morgan fingerprint density at radius 1 is 1.28 bits per heavy atom. The third kappa shape index (κ3) is 2.44. The van der Waals surface area contributed by atoms with Crippen LogP contribution in [-0.4, -0.2) is 24.4 Å². The molecule has 0 saturated carbocycles. The van der Waals surface area contributed by atoms with Gasteiger partial charge in [-0.2, -0.15) is 0 Å². The Labute approximate surface area is 100 Å². The Morgan fingerprint density at radius 2 is 1.89 bits per heavy atom. The van der Waals surface area contributed by atoms with Crippen LogP contribution in [0, 0.1) is 17.5 Å². The summed E-state index contributed by atoms with van der Waals surface area (Å²) < 4.78 is 38.5. The average molecular weight is 258 g/mol. The number of halogens is 3. The molecule has 0 radical (unpaired) electrons. The molecule has 7 heteroatoms. The van der Waals surface area contributed by atoms with E-state index in [9.17, 15) is 22.8 Å². The first-order chi connectivity index (χ1) is 8.47. The van der Waals surface area contributed by atoms with Crippen LogP contribution in [0.2, 0.25) is 0 Å². The van der Waals surface area contributed by atoms with E-state index in [1.54, 1.807) is 0 Å². The highest BCUT2D eigenvalue weighted by atomic mass is 19.2. The maximum Gasteiger partial charge on any atom is 0.251 e. The predicted molar refractivity (Wildman–Crippen MR) is 55.2 cm³/mol. The van der Waals surface area contributed by atoms with Gasteiger partial charge in [-0.05, 0) is 12.1 Å². The third-order valence-electron chi connectivity index (χ3n) is 2.56. The monoisotopic (exact) mass is 258 g/mol. The van der Waals surface area contributed by atoms with Gasteiger partial charge in [0.05, 0.1) is 6.04 Å². The minimum absolute atomic E-state index is 0.109. The third-order valence-corrected chi connectivity index (χ3v) is 2.56. The van der Waals surface area contributed by atoms with Gasteiger partial charge < -0.3 is 10.6 Å². The fourth-order valence-corrected chi connectivity index (χ4v) is 1.66. The molecule has 2 amide bonds. The molecule has 1 aliphatic rings. The van der Waals surface area contributed by atoms with Crippen LogP contribution in [0.25, 0.3) is 0 Å². The lowest BCUT2D eigenvalue weighted by Crippen LogP contribution is -2.36. The second kappa shape index (κ2) is 4.67. The van der Waals surface area contributed by atoms with Crippen LogP contribution in [0.3, 0.4) is 0 Å². The van der Waals surface area contributed by atoms with E-state index in [1.165, 1.54) is 0 Å². The summed E-state index contributed by atoms with van der Waals surface area (Å²) >= 11 is 0. The van der Waals surface area contributed by atoms with Crippen molar-refractivity contribution in [1.29, 1.82) is 0 Å². The van der Waals surface area contributed by atoms with Crippen LogP contribution < -0.4 is 10.6 Å². The Hall–Kier alpha value is -2.05.